The summed E-state index contributed by atoms with van der Waals surface area (Å²) in [4.78, 5) is 11.0. The minimum atomic E-state index is -1.31. The van der Waals surface area contributed by atoms with Gasteiger partial charge in [0.2, 0.25) is 0 Å². The van der Waals surface area contributed by atoms with Gasteiger partial charge in [0.15, 0.2) is 0 Å². The summed E-state index contributed by atoms with van der Waals surface area (Å²) in [7, 11) is -1.31. The first-order valence-corrected chi connectivity index (χ1v) is 5.58. The lowest BCUT2D eigenvalue weighted by Gasteiger charge is -2.20. The number of carboxylic acid groups (broad SMARTS) is 1. The first-order valence-electron chi connectivity index (χ1n) is 5.58. The van der Waals surface area contributed by atoms with Crippen molar-refractivity contribution < 1.29 is 19.9 Å². The number of carbonyl (C=O) groups is 1. The maximum atomic E-state index is 11.0. The summed E-state index contributed by atoms with van der Waals surface area (Å²) in [5.74, 6) is -0.705. The van der Waals surface area contributed by atoms with Crippen molar-refractivity contribution in [2.75, 3.05) is 13.1 Å². The van der Waals surface area contributed by atoms with Crippen molar-refractivity contribution in [1.82, 2.24) is 5.32 Å². The van der Waals surface area contributed by atoms with E-state index in [-0.39, 0.29) is 18.2 Å². The number of hydrogen-bond acceptors (Lipinski definition) is 5. The summed E-state index contributed by atoms with van der Waals surface area (Å²) in [6.45, 7) is 1.09. The van der Waals surface area contributed by atoms with Crippen LogP contribution in [0, 0.1) is 11.8 Å². The Kier molecular flexibility index (Phi) is 5.20. The Labute approximate surface area is 95.0 Å². The molecular weight excluding hydrogens is 211 g/mol. The molecule has 1 fully saturated rings. The molecule has 0 spiro atoms. The molecule has 1 aliphatic heterocycles. The Hall–Kier alpha value is -0.625. The fraction of sp³-hybridized carbons (Fsp3) is 0.889. The fourth-order valence-electron chi connectivity index (χ4n) is 2.32. The minimum Gasteiger partial charge on any atom is -0.480 e. The van der Waals surface area contributed by atoms with Crippen LogP contribution in [0.5, 0.6) is 0 Å². The lowest BCUT2D eigenvalue weighted by molar-refractivity contribution is -0.140. The summed E-state index contributed by atoms with van der Waals surface area (Å²) in [5.41, 5.74) is 5.59. The largest absolute Gasteiger partial charge is 0.480 e. The molecule has 0 aromatic rings. The van der Waals surface area contributed by atoms with Gasteiger partial charge in [0, 0.05) is 6.54 Å². The molecule has 0 aliphatic carbocycles. The van der Waals surface area contributed by atoms with Crippen LogP contribution in [0.15, 0.2) is 0 Å². The molecule has 1 rings (SSSR count). The Morgan fingerprint density at radius 2 is 2.19 bits per heavy atom. The van der Waals surface area contributed by atoms with Crippen molar-refractivity contribution in [3.8, 4) is 0 Å². The summed E-state index contributed by atoms with van der Waals surface area (Å²) in [6, 6.07) is -0.551. The van der Waals surface area contributed by atoms with Crippen LogP contribution in [-0.2, 0) is 4.79 Å². The lowest BCUT2D eigenvalue weighted by atomic mass is 9.79. The molecule has 7 heteroatoms. The lowest BCUT2D eigenvalue weighted by Crippen LogP contribution is -2.36. The second-order valence-corrected chi connectivity index (χ2v) is 4.30. The Bertz CT molecular complexity index is 240. The molecule has 0 radical (unpaired) electrons. The van der Waals surface area contributed by atoms with E-state index in [0.29, 0.717) is 25.9 Å². The number of rotatable bonds is 6. The van der Waals surface area contributed by atoms with Crippen LogP contribution in [0.2, 0.25) is 6.32 Å². The van der Waals surface area contributed by atoms with Crippen LogP contribution in [0.4, 0.5) is 0 Å². The van der Waals surface area contributed by atoms with E-state index in [1.807, 2.05) is 0 Å². The molecule has 3 atom stereocenters. The molecule has 6 N–H and O–H groups in total. The second-order valence-electron chi connectivity index (χ2n) is 4.30. The van der Waals surface area contributed by atoms with Crippen LogP contribution >= 0.6 is 0 Å². The number of nitrogens with one attached hydrogen (secondary N) is 1. The first-order chi connectivity index (χ1) is 7.56. The predicted octanol–water partition coefficient (Wildman–Crippen LogP) is -1.51. The summed E-state index contributed by atoms with van der Waals surface area (Å²) >= 11 is 0. The average molecular weight is 230 g/mol. The molecule has 1 aliphatic rings. The molecule has 92 valence electrons. The molecule has 0 aromatic heterocycles. The molecule has 1 heterocycles. The van der Waals surface area contributed by atoms with Gasteiger partial charge in [0.1, 0.15) is 6.04 Å². The molecule has 0 amide bonds. The van der Waals surface area contributed by atoms with Gasteiger partial charge in [-0.3, -0.25) is 4.79 Å². The molecule has 1 saturated heterocycles. The quantitative estimate of drug-likeness (QED) is 0.354. The molecule has 6 nitrogen and oxygen atoms in total. The van der Waals surface area contributed by atoms with Gasteiger partial charge in [-0.1, -0.05) is 6.42 Å². The molecular formula is C9H19BN2O4. The van der Waals surface area contributed by atoms with E-state index in [1.54, 1.807) is 0 Å². The van der Waals surface area contributed by atoms with Crippen molar-refractivity contribution >= 4 is 13.1 Å². The van der Waals surface area contributed by atoms with Gasteiger partial charge in [-0.25, -0.2) is 0 Å². The van der Waals surface area contributed by atoms with Crippen molar-refractivity contribution in [3.63, 3.8) is 0 Å². The van der Waals surface area contributed by atoms with Crippen LogP contribution in [0.3, 0.4) is 0 Å². The molecule has 0 bridgehead atoms. The average Bonchev–Trinajstić information content (AvgIpc) is 2.60. The van der Waals surface area contributed by atoms with E-state index >= 15 is 0 Å². The first kappa shape index (κ1) is 13.4. The SMILES string of the molecule is NCC1CNC(C(=O)O)C1CCCB(O)O. The summed E-state index contributed by atoms with van der Waals surface area (Å²) in [5, 5.41) is 29.4. The normalized spacial score (nSPS) is 29.3. The van der Waals surface area contributed by atoms with E-state index in [0.717, 1.165) is 0 Å². The molecule has 3 unspecified atom stereocenters. The van der Waals surface area contributed by atoms with E-state index < -0.39 is 19.1 Å². The van der Waals surface area contributed by atoms with Crippen molar-refractivity contribution in [1.29, 1.82) is 0 Å². The van der Waals surface area contributed by atoms with Crippen LogP contribution in [0.25, 0.3) is 0 Å². The van der Waals surface area contributed by atoms with Crippen LogP contribution in [-0.4, -0.2) is 47.4 Å². The standard InChI is InChI=1S/C9H19BN2O4/c11-4-6-5-12-8(9(13)14)7(6)2-1-3-10(15)16/h6-8,12,15-16H,1-5,11H2,(H,13,14). The maximum absolute atomic E-state index is 11.0. The van der Waals surface area contributed by atoms with Gasteiger partial charge >= 0.3 is 13.1 Å². The van der Waals surface area contributed by atoms with Crippen molar-refractivity contribution in [2.45, 2.75) is 25.2 Å². The number of nitrogens with two attached hydrogens (primary N) is 1. The van der Waals surface area contributed by atoms with E-state index in [9.17, 15) is 4.79 Å². The summed E-state index contributed by atoms with van der Waals surface area (Å²) in [6.07, 6.45) is 1.54. The highest BCUT2D eigenvalue weighted by Crippen LogP contribution is 2.27. The van der Waals surface area contributed by atoms with Gasteiger partial charge < -0.3 is 26.2 Å². The number of carboxylic acids is 1. The van der Waals surface area contributed by atoms with Gasteiger partial charge in [-0.2, -0.15) is 0 Å². The van der Waals surface area contributed by atoms with Gasteiger partial charge in [0.25, 0.3) is 0 Å². The highest BCUT2D eigenvalue weighted by atomic mass is 16.4. The Morgan fingerprint density at radius 1 is 1.50 bits per heavy atom. The number of aliphatic carboxylic acids is 1. The minimum absolute atomic E-state index is 0.0127. The highest BCUT2D eigenvalue weighted by molar-refractivity contribution is 6.40. The third-order valence-electron chi connectivity index (χ3n) is 3.20. The predicted molar refractivity (Wildman–Crippen MR) is 59.7 cm³/mol. The zero-order valence-corrected chi connectivity index (χ0v) is 9.17. The van der Waals surface area contributed by atoms with Gasteiger partial charge in [-0.15, -0.1) is 0 Å². The Morgan fingerprint density at radius 3 is 2.69 bits per heavy atom. The topological polar surface area (TPSA) is 116 Å². The van der Waals surface area contributed by atoms with Crippen molar-refractivity contribution in [2.24, 2.45) is 17.6 Å². The third-order valence-corrected chi connectivity index (χ3v) is 3.20. The molecule has 0 aromatic carbocycles. The van der Waals surface area contributed by atoms with Gasteiger partial charge in [-0.05, 0) is 31.1 Å². The van der Waals surface area contributed by atoms with Gasteiger partial charge in [0.05, 0.1) is 0 Å². The maximum Gasteiger partial charge on any atom is 0.451 e. The highest BCUT2D eigenvalue weighted by Gasteiger charge is 2.38. The smallest absolute Gasteiger partial charge is 0.451 e. The van der Waals surface area contributed by atoms with Crippen LogP contribution in [0.1, 0.15) is 12.8 Å². The van der Waals surface area contributed by atoms with E-state index in [4.69, 9.17) is 20.9 Å². The van der Waals surface area contributed by atoms with E-state index in [2.05, 4.69) is 5.32 Å². The van der Waals surface area contributed by atoms with Crippen molar-refractivity contribution in [3.05, 3.63) is 0 Å². The third kappa shape index (κ3) is 3.45. The zero-order valence-electron chi connectivity index (χ0n) is 9.17. The van der Waals surface area contributed by atoms with Crippen LogP contribution < -0.4 is 11.1 Å². The second kappa shape index (κ2) is 6.19. The molecule has 16 heavy (non-hydrogen) atoms. The fourth-order valence-corrected chi connectivity index (χ4v) is 2.32. The monoisotopic (exact) mass is 230 g/mol. The number of hydrogen-bond donors (Lipinski definition) is 5. The summed E-state index contributed by atoms with van der Waals surface area (Å²) < 4.78 is 0. The molecule has 0 saturated carbocycles. The Balaban J connectivity index is 2.46. The zero-order chi connectivity index (χ0) is 12.1. The van der Waals surface area contributed by atoms with E-state index in [1.165, 1.54) is 0 Å².